The summed E-state index contributed by atoms with van der Waals surface area (Å²) in [4.78, 5) is 4.32. The van der Waals surface area contributed by atoms with Gasteiger partial charge in [0, 0.05) is 31.4 Å². The average Bonchev–Trinajstić information content (AvgIpc) is 2.70. The molecule has 1 aliphatic heterocycles. The van der Waals surface area contributed by atoms with Crippen LogP contribution in [-0.2, 0) is 6.54 Å². The van der Waals surface area contributed by atoms with Gasteiger partial charge in [-0.3, -0.25) is 0 Å². The van der Waals surface area contributed by atoms with E-state index in [4.69, 9.17) is 11.6 Å². The topological polar surface area (TPSA) is 6.48 Å². The summed E-state index contributed by atoms with van der Waals surface area (Å²) in [6.45, 7) is 2.51. The Labute approximate surface area is 99.9 Å². The van der Waals surface area contributed by atoms with Crippen molar-refractivity contribution < 1.29 is 4.39 Å². The maximum atomic E-state index is 12.7. The largest absolute Gasteiger partial charge is 0.357 e. The molecule has 0 saturated heterocycles. The molecule has 0 amide bonds. The van der Waals surface area contributed by atoms with Crippen LogP contribution >= 0.6 is 11.6 Å². The smallest absolute Gasteiger partial charge is 0.123 e. The third kappa shape index (κ3) is 2.89. The van der Waals surface area contributed by atoms with Crippen LogP contribution in [0.3, 0.4) is 0 Å². The molecule has 0 bridgehead atoms. The molecular formula is C12H14ClFN2. The van der Waals surface area contributed by atoms with Crippen molar-refractivity contribution in [3.63, 3.8) is 0 Å². The second kappa shape index (κ2) is 5.21. The van der Waals surface area contributed by atoms with Crippen LogP contribution < -0.4 is 0 Å². The highest BCUT2D eigenvalue weighted by Gasteiger charge is 2.11. The van der Waals surface area contributed by atoms with Crippen LogP contribution in [0.25, 0.3) is 0 Å². The lowest BCUT2D eigenvalue weighted by atomic mass is 10.2. The zero-order valence-electron chi connectivity index (χ0n) is 8.94. The Kier molecular flexibility index (Phi) is 3.67. The van der Waals surface area contributed by atoms with E-state index in [0.717, 1.165) is 25.3 Å². The standard InChI is InChI=1S/C12H14ClFN2/c13-5-6-15-7-8-16(10-15)9-11-1-3-12(14)4-2-11/h1-4,7-8H,5-6,9-10H2. The second-order valence-corrected chi connectivity index (χ2v) is 4.19. The van der Waals surface area contributed by atoms with Gasteiger partial charge in [0.1, 0.15) is 5.82 Å². The van der Waals surface area contributed by atoms with Gasteiger partial charge in [-0.25, -0.2) is 4.39 Å². The highest BCUT2D eigenvalue weighted by molar-refractivity contribution is 6.18. The Balaban J connectivity index is 1.88. The van der Waals surface area contributed by atoms with Crippen LogP contribution in [0.15, 0.2) is 36.7 Å². The lowest BCUT2D eigenvalue weighted by molar-refractivity contribution is 0.269. The van der Waals surface area contributed by atoms with E-state index in [2.05, 4.69) is 9.80 Å². The van der Waals surface area contributed by atoms with Gasteiger partial charge >= 0.3 is 0 Å². The normalized spacial score (nSPS) is 14.9. The molecule has 2 nitrogen and oxygen atoms in total. The zero-order valence-corrected chi connectivity index (χ0v) is 9.70. The van der Waals surface area contributed by atoms with Crippen molar-refractivity contribution in [3.8, 4) is 0 Å². The molecule has 0 radical (unpaired) electrons. The molecule has 86 valence electrons. The third-order valence-corrected chi connectivity index (χ3v) is 2.69. The maximum absolute atomic E-state index is 12.7. The van der Waals surface area contributed by atoms with Gasteiger partial charge in [-0.1, -0.05) is 12.1 Å². The average molecular weight is 241 g/mol. The molecule has 2 rings (SSSR count). The fourth-order valence-corrected chi connectivity index (χ4v) is 1.91. The predicted molar refractivity (Wildman–Crippen MR) is 63.4 cm³/mol. The molecule has 0 atom stereocenters. The van der Waals surface area contributed by atoms with E-state index >= 15 is 0 Å². The van der Waals surface area contributed by atoms with Crippen LogP contribution in [0.2, 0.25) is 0 Å². The van der Waals surface area contributed by atoms with Crippen LogP contribution in [0.4, 0.5) is 4.39 Å². The minimum absolute atomic E-state index is 0.190. The lowest BCUT2D eigenvalue weighted by Crippen LogP contribution is -2.26. The van der Waals surface area contributed by atoms with Gasteiger partial charge in [0.25, 0.3) is 0 Å². The van der Waals surface area contributed by atoms with Crippen LogP contribution in [0.1, 0.15) is 5.56 Å². The zero-order chi connectivity index (χ0) is 11.4. The Hall–Kier alpha value is -1.22. The van der Waals surface area contributed by atoms with E-state index in [-0.39, 0.29) is 5.82 Å². The summed E-state index contributed by atoms with van der Waals surface area (Å²) in [6, 6.07) is 6.61. The number of rotatable bonds is 4. The second-order valence-electron chi connectivity index (χ2n) is 3.81. The van der Waals surface area contributed by atoms with Gasteiger partial charge in [-0.15, -0.1) is 11.6 Å². The van der Waals surface area contributed by atoms with E-state index in [1.807, 2.05) is 24.5 Å². The quantitative estimate of drug-likeness (QED) is 0.747. The van der Waals surface area contributed by atoms with E-state index in [1.165, 1.54) is 12.1 Å². The molecule has 4 heteroatoms. The summed E-state index contributed by atoms with van der Waals surface area (Å²) in [7, 11) is 0. The molecule has 0 aliphatic carbocycles. The molecule has 1 aliphatic rings. The first-order chi connectivity index (χ1) is 7.78. The van der Waals surface area contributed by atoms with Crippen molar-refractivity contribution in [1.29, 1.82) is 0 Å². The highest BCUT2D eigenvalue weighted by atomic mass is 35.5. The first-order valence-electron chi connectivity index (χ1n) is 5.25. The van der Waals surface area contributed by atoms with Gasteiger partial charge < -0.3 is 9.80 Å². The summed E-state index contributed by atoms with van der Waals surface area (Å²) >= 11 is 5.67. The number of nitrogens with zero attached hydrogens (tertiary/aromatic N) is 2. The number of benzene rings is 1. The molecule has 0 aromatic heterocycles. The van der Waals surface area contributed by atoms with Gasteiger partial charge in [-0.05, 0) is 17.7 Å². The van der Waals surface area contributed by atoms with Crippen molar-refractivity contribution in [2.24, 2.45) is 0 Å². The Morgan fingerprint density at radius 3 is 2.50 bits per heavy atom. The molecule has 1 heterocycles. The van der Waals surface area contributed by atoms with Crippen molar-refractivity contribution in [1.82, 2.24) is 9.80 Å². The minimum atomic E-state index is -0.190. The van der Waals surface area contributed by atoms with Crippen molar-refractivity contribution in [2.75, 3.05) is 19.1 Å². The molecular weight excluding hydrogens is 227 g/mol. The summed E-state index contributed by atoms with van der Waals surface area (Å²) in [5, 5.41) is 0. The van der Waals surface area contributed by atoms with Crippen LogP contribution in [0, 0.1) is 5.82 Å². The van der Waals surface area contributed by atoms with Crippen molar-refractivity contribution >= 4 is 11.6 Å². The number of alkyl halides is 1. The first kappa shape index (κ1) is 11.3. The fourth-order valence-electron chi connectivity index (χ4n) is 1.70. The number of halogens is 2. The molecule has 0 fully saturated rings. The Morgan fingerprint density at radius 1 is 1.12 bits per heavy atom. The molecule has 1 aromatic carbocycles. The van der Waals surface area contributed by atoms with Gasteiger partial charge in [-0.2, -0.15) is 0 Å². The first-order valence-corrected chi connectivity index (χ1v) is 5.78. The van der Waals surface area contributed by atoms with Crippen LogP contribution in [0.5, 0.6) is 0 Å². The molecule has 0 spiro atoms. The maximum Gasteiger partial charge on any atom is 0.123 e. The monoisotopic (exact) mass is 240 g/mol. The number of hydrogen-bond donors (Lipinski definition) is 0. The summed E-state index contributed by atoms with van der Waals surface area (Å²) in [5.41, 5.74) is 1.11. The van der Waals surface area contributed by atoms with Gasteiger partial charge in [0.05, 0.1) is 6.67 Å². The molecule has 0 saturated carbocycles. The van der Waals surface area contributed by atoms with Crippen molar-refractivity contribution in [3.05, 3.63) is 48.0 Å². The molecule has 1 aromatic rings. The van der Waals surface area contributed by atoms with E-state index < -0.39 is 0 Å². The SMILES string of the molecule is Fc1ccc(CN2C=CN(CCCl)C2)cc1. The molecule has 0 N–H and O–H groups in total. The summed E-state index contributed by atoms with van der Waals surface area (Å²) in [6.07, 6.45) is 4.07. The van der Waals surface area contributed by atoms with E-state index in [1.54, 1.807) is 0 Å². The number of hydrogen-bond acceptors (Lipinski definition) is 2. The highest BCUT2D eigenvalue weighted by Crippen LogP contribution is 2.12. The van der Waals surface area contributed by atoms with Gasteiger partial charge in [0.2, 0.25) is 0 Å². The molecule has 0 unspecified atom stereocenters. The predicted octanol–water partition coefficient (Wildman–Crippen LogP) is 2.61. The Bertz CT molecular complexity index is 364. The van der Waals surface area contributed by atoms with Gasteiger partial charge in [0.15, 0.2) is 0 Å². The van der Waals surface area contributed by atoms with Crippen molar-refractivity contribution in [2.45, 2.75) is 6.54 Å². The minimum Gasteiger partial charge on any atom is -0.357 e. The fraction of sp³-hybridized carbons (Fsp3) is 0.333. The van der Waals surface area contributed by atoms with Crippen LogP contribution in [-0.4, -0.2) is 28.9 Å². The van der Waals surface area contributed by atoms with E-state index in [9.17, 15) is 4.39 Å². The Morgan fingerprint density at radius 2 is 1.81 bits per heavy atom. The summed E-state index contributed by atoms with van der Waals surface area (Å²) in [5.74, 6) is 0.443. The lowest BCUT2D eigenvalue weighted by Gasteiger charge is -2.20. The third-order valence-electron chi connectivity index (χ3n) is 2.52. The summed E-state index contributed by atoms with van der Waals surface area (Å²) < 4.78 is 12.7. The van der Waals surface area contributed by atoms with E-state index in [0.29, 0.717) is 5.88 Å². The molecule has 16 heavy (non-hydrogen) atoms.